The third kappa shape index (κ3) is 9.19. The van der Waals surface area contributed by atoms with E-state index in [0.29, 0.717) is 0 Å². The average molecular weight is 299 g/mol. The van der Waals surface area contributed by atoms with E-state index in [1.807, 2.05) is 20.8 Å². The number of hydrogen-bond acceptors (Lipinski definition) is 1. The van der Waals surface area contributed by atoms with Gasteiger partial charge in [-0.1, -0.05) is 28.8 Å². The van der Waals surface area contributed by atoms with Gasteiger partial charge >= 0.3 is 0 Å². The van der Waals surface area contributed by atoms with Gasteiger partial charge in [0.15, 0.2) is 0 Å². The molecule has 0 aromatic carbocycles. The van der Waals surface area contributed by atoms with E-state index < -0.39 is 0 Å². The first-order chi connectivity index (χ1) is 6.87. The number of nitrogens with one attached hydrogen (secondary N) is 1. The number of halogens is 2. The number of alkyl halides is 2. The van der Waals surface area contributed by atoms with Crippen molar-refractivity contribution in [3.05, 3.63) is 0 Å². The third-order valence-corrected chi connectivity index (χ3v) is 2.85. The molecule has 0 radical (unpaired) electrons. The maximum Gasteiger partial charge on any atom is 0.238 e. The molecule has 0 spiro atoms. The fourth-order valence-corrected chi connectivity index (χ4v) is 1.78. The molecule has 90 valence electrons. The Morgan fingerprint density at radius 2 is 1.93 bits per heavy atom. The zero-order valence-corrected chi connectivity index (χ0v) is 12.1. The second-order valence-corrected chi connectivity index (χ2v) is 6.06. The molecule has 1 unspecified atom stereocenters. The molecule has 2 nitrogen and oxygen atoms in total. The van der Waals surface area contributed by atoms with Crippen LogP contribution < -0.4 is 5.32 Å². The summed E-state index contributed by atoms with van der Waals surface area (Å²) in [5.41, 5.74) is -0.194. The highest BCUT2D eigenvalue weighted by atomic mass is 79.9. The Bertz CT molecular complexity index is 192. The Morgan fingerprint density at radius 1 is 1.33 bits per heavy atom. The van der Waals surface area contributed by atoms with Crippen molar-refractivity contribution in [3.8, 4) is 0 Å². The Labute approximate surface area is 106 Å². The number of carbonyl (C=O) groups is 1. The highest BCUT2D eigenvalue weighted by Crippen LogP contribution is 2.11. The third-order valence-electron chi connectivity index (χ3n) is 1.87. The van der Waals surface area contributed by atoms with Crippen molar-refractivity contribution in [2.45, 2.75) is 57.4 Å². The summed E-state index contributed by atoms with van der Waals surface area (Å²) in [6, 6.07) is 0. The molecule has 0 aromatic heterocycles. The van der Waals surface area contributed by atoms with Crippen molar-refractivity contribution in [3.63, 3.8) is 0 Å². The summed E-state index contributed by atoms with van der Waals surface area (Å²) in [6.45, 7) is 5.87. The molecule has 0 aliphatic heterocycles. The van der Waals surface area contributed by atoms with Crippen LogP contribution in [0.5, 0.6) is 0 Å². The van der Waals surface area contributed by atoms with Gasteiger partial charge in [-0.2, -0.15) is 0 Å². The number of rotatable bonds is 6. The van der Waals surface area contributed by atoms with Crippen LogP contribution in [0.25, 0.3) is 0 Å². The molecule has 1 N–H and O–H groups in total. The van der Waals surface area contributed by atoms with Crippen LogP contribution in [0.3, 0.4) is 0 Å². The predicted octanol–water partition coefficient (Wildman–Crippen LogP) is 3.46. The van der Waals surface area contributed by atoms with Crippen LogP contribution in [0, 0.1) is 0 Å². The molecule has 4 heteroatoms. The summed E-state index contributed by atoms with van der Waals surface area (Å²) >= 11 is 9.37. The van der Waals surface area contributed by atoms with Gasteiger partial charge in [-0.3, -0.25) is 4.79 Å². The van der Waals surface area contributed by atoms with Gasteiger partial charge in [-0.05, 0) is 33.6 Å². The summed E-state index contributed by atoms with van der Waals surface area (Å²) in [5, 5.41) is 3.51. The molecule has 0 heterocycles. The van der Waals surface area contributed by atoms with Crippen LogP contribution in [-0.2, 0) is 4.79 Å². The highest BCUT2D eigenvalue weighted by Gasteiger charge is 2.20. The van der Waals surface area contributed by atoms with Gasteiger partial charge in [0.05, 0.1) is 0 Å². The van der Waals surface area contributed by atoms with Crippen molar-refractivity contribution in [2.24, 2.45) is 0 Å². The minimum atomic E-state index is -0.389. The van der Waals surface area contributed by atoms with Crippen molar-refractivity contribution in [1.29, 1.82) is 0 Å². The van der Waals surface area contributed by atoms with Gasteiger partial charge in [0.25, 0.3) is 0 Å². The van der Waals surface area contributed by atoms with Gasteiger partial charge in [-0.15, -0.1) is 11.6 Å². The van der Waals surface area contributed by atoms with Gasteiger partial charge in [-0.25, -0.2) is 0 Å². The maximum atomic E-state index is 11.6. The molecule has 0 bridgehead atoms. The van der Waals surface area contributed by atoms with Crippen LogP contribution in [0.1, 0.15) is 46.5 Å². The first-order valence-corrected chi connectivity index (χ1v) is 6.94. The quantitative estimate of drug-likeness (QED) is 0.590. The molecule has 0 saturated heterocycles. The first-order valence-electron chi connectivity index (χ1n) is 5.39. The topological polar surface area (TPSA) is 29.1 Å². The lowest BCUT2D eigenvalue weighted by molar-refractivity contribution is -0.122. The molecule has 15 heavy (non-hydrogen) atoms. The fourth-order valence-electron chi connectivity index (χ4n) is 1.17. The monoisotopic (exact) mass is 297 g/mol. The van der Waals surface area contributed by atoms with E-state index in [9.17, 15) is 4.79 Å². The van der Waals surface area contributed by atoms with Crippen LogP contribution in [-0.4, -0.2) is 22.2 Å². The van der Waals surface area contributed by atoms with E-state index >= 15 is 0 Å². The lowest BCUT2D eigenvalue weighted by Gasteiger charge is -2.22. The summed E-state index contributed by atoms with van der Waals surface area (Å²) in [6.07, 6.45) is 4.04. The SMILES string of the molecule is CC(C)(C)NC(=O)C(Cl)CCCCCBr. The molecule has 0 aliphatic rings. The lowest BCUT2D eigenvalue weighted by atomic mass is 10.1. The second kappa shape index (κ2) is 7.50. The molecule has 0 aliphatic carbocycles. The Kier molecular flexibility index (Phi) is 7.62. The maximum absolute atomic E-state index is 11.6. The molecule has 0 saturated carbocycles. The first kappa shape index (κ1) is 15.2. The normalized spacial score (nSPS) is 13.7. The Balaban J connectivity index is 3.70. The molecule has 0 rings (SSSR count). The molecule has 1 amide bonds. The molecular weight excluding hydrogens is 277 g/mol. The van der Waals surface area contributed by atoms with E-state index in [4.69, 9.17) is 11.6 Å². The lowest BCUT2D eigenvalue weighted by Crippen LogP contribution is -2.44. The Hall–Kier alpha value is 0.240. The molecule has 0 fully saturated rings. The summed E-state index contributed by atoms with van der Waals surface area (Å²) in [7, 11) is 0. The standard InChI is InChI=1S/C11H21BrClNO/c1-11(2,3)14-10(15)9(13)7-5-4-6-8-12/h9H,4-8H2,1-3H3,(H,14,15). The van der Waals surface area contributed by atoms with E-state index in [1.165, 1.54) is 0 Å². The van der Waals surface area contributed by atoms with Crippen molar-refractivity contribution in [2.75, 3.05) is 5.33 Å². The van der Waals surface area contributed by atoms with Gasteiger partial charge in [0.2, 0.25) is 5.91 Å². The van der Waals surface area contributed by atoms with Crippen LogP contribution in [0.2, 0.25) is 0 Å². The number of carbonyl (C=O) groups excluding carboxylic acids is 1. The van der Waals surface area contributed by atoms with E-state index in [-0.39, 0.29) is 16.8 Å². The van der Waals surface area contributed by atoms with Crippen molar-refractivity contribution < 1.29 is 4.79 Å². The zero-order chi connectivity index (χ0) is 11.9. The highest BCUT2D eigenvalue weighted by molar-refractivity contribution is 9.09. The molecule has 0 aromatic rings. The minimum absolute atomic E-state index is 0.0528. The number of hydrogen-bond donors (Lipinski definition) is 1. The van der Waals surface area contributed by atoms with Gasteiger partial charge in [0, 0.05) is 10.9 Å². The summed E-state index contributed by atoms with van der Waals surface area (Å²) in [5.74, 6) is -0.0528. The molecule has 1 atom stereocenters. The molecular formula is C11H21BrClNO. The summed E-state index contributed by atoms with van der Waals surface area (Å²) in [4.78, 5) is 11.6. The van der Waals surface area contributed by atoms with Crippen molar-refractivity contribution >= 4 is 33.4 Å². The smallest absolute Gasteiger partial charge is 0.238 e. The largest absolute Gasteiger partial charge is 0.350 e. The Morgan fingerprint density at radius 3 is 2.40 bits per heavy atom. The summed E-state index contributed by atoms with van der Waals surface area (Å²) < 4.78 is 0. The van der Waals surface area contributed by atoms with Gasteiger partial charge in [0.1, 0.15) is 5.38 Å². The van der Waals surface area contributed by atoms with Crippen LogP contribution in [0.15, 0.2) is 0 Å². The van der Waals surface area contributed by atoms with Crippen LogP contribution in [0.4, 0.5) is 0 Å². The fraction of sp³-hybridized carbons (Fsp3) is 0.909. The van der Waals surface area contributed by atoms with Gasteiger partial charge < -0.3 is 5.32 Å². The number of unbranched alkanes of at least 4 members (excludes halogenated alkanes) is 2. The van der Waals surface area contributed by atoms with E-state index in [2.05, 4.69) is 21.2 Å². The number of amides is 1. The van der Waals surface area contributed by atoms with Crippen molar-refractivity contribution in [1.82, 2.24) is 5.32 Å². The van der Waals surface area contributed by atoms with E-state index in [1.54, 1.807) is 0 Å². The van der Waals surface area contributed by atoms with E-state index in [0.717, 1.165) is 31.0 Å². The predicted molar refractivity (Wildman–Crippen MR) is 69.8 cm³/mol. The second-order valence-electron chi connectivity index (χ2n) is 4.75. The average Bonchev–Trinajstić information content (AvgIpc) is 2.09. The van der Waals surface area contributed by atoms with Crippen LogP contribution >= 0.6 is 27.5 Å². The minimum Gasteiger partial charge on any atom is -0.350 e. The zero-order valence-electron chi connectivity index (χ0n) is 9.78.